The zero-order valence-electron chi connectivity index (χ0n) is 11.6. The van der Waals surface area contributed by atoms with Crippen LogP contribution in [0.25, 0.3) is 0 Å². The van der Waals surface area contributed by atoms with E-state index in [9.17, 15) is 0 Å². The second-order valence-corrected chi connectivity index (χ2v) is 7.16. The second-order valence-electron chi connectivity index (χ2n) is 6.15. The van der Waals surface area contributed by atoms with Gasteiger partial charge in [0, 0.05) is 17.8 Å². The summed E-state index contributed by atoms with van der Waals surface area (Å²) in [4.78, 5) is 4.93. The number of aliphatic imine (C=N–C) groups is 1. The highest BCUT2D eigenvalue weighted by atomic mass is 32.2. The molecule has 4 unspecified atom stereocenters. The molecule has 18 heavy (non-hydrogen) atoms. The Labute approximate surface area is 115 Å². The highest BCUT2D eigenvalue weighted by Gasteiger charge is 2.32. The van der Waals surface area contributed by atoms with Crippen molar-refractivity contribution >= 4 is 16.9 Å². The van der Waals surface area contributed by atoms with Crippen molar-refractivity contribution in [1.82, 2.24) is 10.4 Å². The highest BCUT2D eigenvalue weighted by Crippen LogP contribution is 2.35. The average Bonchev–Trinajstić information content (AvgIpc) is 2.81. The first-order valence-electron chi connectivity index (χ1n) is 7.49. The molecule has 0 aromatic heterocycles. The summed E-state index contributed by atoms with van der Waals surface area (Å²) in [7, 11) is 0. The molecule has 2 fully saturated rings. The topological polar surface area (TPSA) is 27.6 Å². The number of amidine groups is 1. The molecule has 0 radical (unpaired) electrons. The second kappa shape index (κ2) is 5.41. The first kappa shape index (κ1) is 12.8. The van der Waals surface area contributed by atoms with Crippen LogP contribution in [0.3, 0.4) is 0 Å². The lowest BCUT2D eigenvalue weighted by molar-refractivity contribution is 0.0750. The zero-order valence-corrected chi connectivity index (χ0v) is 12.4. The van der Waals surface area contributed by atoms with Crippen LogP contribution in [0.1, 0.15) is 52.4 Å². The van der Waals surface area contributed by atoms with Gasteiger partial charge in [-0.15, -0.1) is 0 Å². The van der Waals surface area contributed by atoms with Crippen LogP contribution in [0.4, 0.5) is 0 Å². The van der Waals surface area contributed by atoms with Gasteiger partial charge in [0.1, 0.15) is 0 Å². The van der Waals surface area contributed by atoms with E-state index >= 15 is 0 Å². The van der Waals surface area contributed by atoms with Gasteiger partial charge in [-0.05, 0) is 45.4 Å². The Morgan fingerprint density at radius 2 is 1.83 bits per heavy atom. The SMILES string of the molecule is CC1CCCC(C)N1NC1=NC2CCCC2CS1. The summed E-state index contributed by atoms with van der Waals surface area (Å²) in [6.45, 7) is 4.66. The van der Waals surface area contributed by atoms with Crippen LogP contribution >= 0.6 is 11.8 Å². The summed E-state index contributed by atoms with van der Waals surface area (Å²) in [5.41, 5.74) is 3.62. The van der Waals surface area contributed by atoms with Crippen LogP contribution in [0.2, 0.25) is 0 Å². The molecule has 4 atom stereocenters. The van der Waals surface area contributed by atoms with E-state index in [1.165, 1.54) is 49.4 Å². The van der Waals surface area contributed by atoms with Crippen molar-refractivity contribution in [3.8, 4) is 0 Å². The molecular weight excluding hydrogens is 242 g/mol. The third-order valence-electron chi connectivity index (χ3n) is 4.75. The molecule has 3 nitrogen and oxygen atoms in total. The monoisotopic (exact) mass is 267 g/mol. The lowest BCUT2D eigenvalue weighted by atomic mass is 10.00. The molecule has 2 heterocycles. The molecule has 3 rings (SSSR count). The average molecular weight is 267 g/mol. The molecule has 4 heteroatoms. The Bertz CT molecular complexity index is 321. The van der Waals surface area contributed by atoms with Crippen molar-refractivity contribution in [2.24, 2.45) is 10.9 Å². The van der Waals surface area contributed by atoms with Crippen LogP contribution in [0.5, 0.6) is 0 Å². The molecule has 1 N–H and O–H groups in total. The Morgan fingerprint density at radius 1 is 1.11 bits per heavy atom. The van der Waals surface area contributed by atoms with E-state index < -0.39 is 0 Å². The van der Waals surface area contributed by atoms with Crippen LogP contribution in [0, 0.1) is 5.92 Å². The molecule has 0 amide bonds. The van der Waals surface area contributed by atoms with Gasteiger partial charge < -0.3 is 0 Å². The lowest BCUT2D eigenvalue weighted by Gasteiger charge is -2.40. The van der Waals surface area contributed by atoms with E-state index in [0.29, 0.717) is 18.1 Å². The summed E-state index contributed by atoms with van der Waals surface area (Å²) in [5.74, 6) is 2.13. The molecule has 1 aliphatic carbocycles. The Hall–Kier alpha value is -0.220. The van der Waals surface area contributed by atoms with Gasteiger partial charge in [-0.3, -0.25) is 10.4 Å². The standard InChI is InChI=1S/C14H25N3S/c1-10-5-3-6-11(2)17(10)16-14-15-13-8-4-7-12(13)9-18-14/h10-13H,3-9H2,1-2H3,(H,15,16). The van der Waals surface area contributed by atoms with E-state index in [4.69, 9.17) is 4.99 Å². The van der Waals surface area contributed by atoms with Crippen molar-refractivity contribution in [2.45, 2.75) is 70.5 Å². The van der Waals surface area contributed by atoms with Gasteiger partial charge in [0.05, 0.1) is 6.04 Å². The van der Waals surface area contributed by atoms with Crippen molar-refractivity contribution in [2.75, 3.05) is 5.75 Å². The molecule has 0 aromatic rings. The minimum Gasteiger partial charge on any atom is -0.297 e. The number of nitrogens with one attached hydrogen (secondary N) is 1. The van der Waals surface area contributed by atoms with Crippen molar-refractivity contribution in [3.63, 3.8) is 0 Å². The van der Waals surface area contributed by atoms with Gasteiger partial charge in [-0.1, -0.05) is 24.6 Å². The Morgan fingerprint density at radius 3 is 2.61 bits per heavy atom. The zero-order chi connectivity index (χ0) is 12.5. The van der Waals surface area contributed by atoms with Crippen molar-refractivity contribution < 1.29 is 0 Å². The molecular formula is C14H25N3S. The minimum absolute atomic E-state index is 0.615. The highest BCUT2D eigenvalue weighted by molar-refractivity contribution is 8.13. The largest absolute Gasteiger partial charge is 0.297 e. The smallest absolute Gasteiger partial charge is 0.171 e. The molecule has 1 saturated heterocycles. The van der Waals surface area contributed by atoms with Crippen LogP contribution in [0.15, 0.2) is 4.99 Å². The fraction of sp³-hybridized carbons (Fsp3) is 0.929. The van der Waals surface area contributed by atoms with Gasteiger partial charge in [0.25, 0.3) is 0 Å². The quantitative estimate of drug-likeness (QED) is 0.791. The van der Waals surface area contributed by atoms with Crippen LogP contribution < -0.4 is 5.43 Å². The number of nitrogens with zero attached hydrogens (tertiary/aromatic N) is 2. The van der Waals surface area contributed by atoms with E-state index in [0.717, 1.165) is 5.92 Å². The maximum Gasteiger partial charge on any atom is 0.171 e. The number of rotatable bonds is 1. The summed E-state index contributed by atoms with van der Waals surface area (Å²) in [6.07, 6.45) is 8.06. The van der Waals surface area contributed by atoms with Gasteiger partial charge in [0.2, 0.25) is 0 Å². The predicted molar refractivity (Wildman–Crippen MR) is 78.8 cm³/mol. The Balaban J connectivity index is 1.65. The normalized spacial score (nSPS) is 41.3. The summed E-state index contributed by atoms with van der Waals surface area (Å²) in [5, 5.41) is 3.61. The molecule has 102 valence electrons. The molecule has 0 spiro atoms. The number of piperidine rings is 1. The predicted octanol–water partition coefficient (Wildman–Crippen LogP) is 3.03. The summed E-state index contributed by atoms with van der Waals surface area (Å²) >= 11 is 1.93. The molecule has 0 bridgehead atoms. The van der Waals surface area contributed by atoms with Gasteiger partial charge >= 0.3 is 0 Å². The van der Waals surface area contributed by atoms with E-state index in [1.54, 1.807) is 0 Å². The molecule has 0 aromatic carbocycles. The lowest BCUT2D eigenvalue weighted by Crippen LogP contribution is -2.54. The fourth-order valence-electron chi connectivity index (χ4n) is 3.57. The van der Waals surface area contributed by atoms with E-state index in [-0.39, 0.29) is 0 Å². The third-order valence-corrected chi connectivity index (χ3v) is 5.82. The molecule has 2 aliphatic heterocycles. The molecule has 3 aliphatic rings. The number of hydrogen-bond acceptors (Lipinski definition) is 4. The summed E-state index contributed by atoms with van der Waals surface area (Å²) < 4.78 is 0. The van der Waals surface area contributed by atoms with Gasteiger partial charge in [0.15, 0.2) is 5.17 Å². The summed E-state index contributed by atoms with van der Waals surface area (Å²) in [6, 6.07) is 1.89. The van der Waals surface area contributed by atoms with Crippen LogP contribution in [-0.2, 0) is 0 Å². The fourth-order valence-corrected chi connectivity index (χ4v) is 4.71. The first-order chi connectivity index (χ1) is 8.74. The van der Waals surface area contributed by atoms with E-state index in [2.05, 4.69) is 24.3 Å². The third kappa shape index (κ3) is 2.55. The first-order valence-corrected chi connectivity index (χ1v) is 8.48. The van der Waals surface area contributed by atoms with Crippen molar-refractivity contribution in [1.29, 1.82) is 0 Å². The van der Waals surface area contributed by atoms with Crippen molar-refractivity contribution in [3.05, 3.63) is 0 Å². The minimum atomic E-state index is 0.615. The maximum atomic E-state index is 4.93. The number of thioether (sulfide) groups is 1. The molecule has 1 saturated carbocycles. The van der Waals surface area contributed by atoms with E-state index in [1.807, 2.05) is 11.8 Å². The number of hydrogen-bond donors (Lipinski definition) is 1. The Kier molecular flexibility index (Phi) is 3.85. The maximum absolute atomic E-state index is 4.93. The number of fused-ring (bicyclic) bond motifs is 1. The van der Waals surface area contributed by atoms with Crippen LogP contribution in [-0.4, -0.2) is 34.1 Å². The van der Waals surface area contributed by atoms with Gasteiger partial charge in [-0.25, -0.2) is 5.01 Å². The number of hydrazine groups is 1. The van der Waals surface area contributed by atoms with Gasteiger partial charge in [-0.2, -0.15) is 0 Å².